The number of halogens is 15. The van der Waals surface area contributed by atoms with Crippen LogP contribution in [0.5, 0.6) is 11.5 Å². The number of carbonyl (C=O) groups excluding carboxylic acids is 4. The van der Waals surface area contributed by atoms with Gasteiger partial charge >= 0.3 is 53.7 Å². The molecule has 0 aliphatic rings. The molecule has 0 saturated heterocycles. The van der Waals surface area contributed by atoms with Gasteiger partial charge in [0.15, 0.2) is 5.78 Å². The summed E-state index contributed by atoms with van der Waals surface area (Å²) in [5, 5.41) is 5.31. The summed E-state index contributed by atoms with van der Waals surface area (Å²) >= 11 is 0. The predicted molar refractivity (Wildman–Crippen MR) is 204 cm³/mol. The van der Waals surface area contributed by atoms with Crippen LogP contribution in [0.4, 0.5) is 77.2 Å². The van der Waals surface area contributed by atoms with Crippen molar-refractivity contribution >= 4 is 35.0 Å². The molecule has 0 saturated carbocycles. The Kier molecular flexibility index (Phi) is 15.1. The van der Waals surface area contributed by atoms with Crippen LogP contribution in [0.1, 0.15) is 68.1 Å². The summed E-state index contributed by atoms with van der Waals surface area (Å²) in [6, 6.07) is 17.7. The zero-order chi connectivity index (χ0) is 49.8. The molecule has 66 heavy (non-hydrogen) atoms. The van der Waals surface area contributed by atoms with Crippen molar-refractivity contribution in [2.24, 2.45) is 0 Å². The number of nitrogens with one attached hydrogen (secondary N) is 2. The molecule has 0 aliphatic carbocycles. The average molecular weight is 963 g/mol. The molecule has 0 atom stereocenters. The molecular weight excluding hydrogens is 929 g/mol. The first kappa shape index (κ1) is 52.1. The Bertz CT molecular complexity index is 2420. The van der Waals surface area contributed by atoms with E-state index in [1.807, 2.05) is 0 Å². The van der Waals surface area contributed by atoms with E-state index in [2.05, 4.69) is 20.1 Å². The van der Waals surface area contributed by atoms with E-state index < -0.39 is 121 Å². The quantitative estimate of drug-likeness (QED) is 0.0542. The molecule has 0 aliphatic heterocycles. The minimum atomic E-state index is -7.22. The highest BCUT2D eigenvalue weighted by molar-refractivity contribution is 6.12. The van der Waals surface area contributed by atoms with Gasteiger partial charge in [0, 0.05) is 30.9 Å². The molecule has 4 rings (SSSR count). The molecule has 4 aromatic rings. The van der Waals surface area contributed by atoms with Crippen LogP contribution in [0.2, 0.25) is 0 Å². The van der Waals surface area contributed by atoms with Crippen LogP contribution in [-0.2, 0) is 9.47 Å². The smallest absolute Gasteiger partial charge is 0.460 e. The molecule has 9 nitrogen and oxygen atoms in total. The maximum atomic E-state index is 14.2. The SMILES string of the molecule is CNc1ccc(Oc2ccc(NC(=O)c3cc(-c4ccc(C(=O)OCCC(F)(F)C(F)(F)C(C)(F)F)c(C(C)=O)c4)ccc3C(=O)OCCC(F)(F)C(F)(F)C(F)(F)C(F)(F)F)cc2)cc1. The van der Waals surface area contributed by atoms with Gasteiger partial charge in [0.1, 0.15) is 11.5 Å². The minimum absolute atomic E-state index is 0.0155. The molecule has 0 fully saturated rings. The van der Waals surface area contributed by atoms with Crippen LogP contribution in [0, 0.1) is 0 Å². The van der Waals surface area contributed by atoms with Crippen molar-refractivity contribution in [3.63, 3.8) is 0 Å². The van der Waals surface area contributed by atoms with Crippen LogP contribution < -0.4 is 15.4 Å². The summed E-state index contributed by atoms with van der Waals surface area (Å²) in [4.78, 5) is 52.2. The Hall–Kier alpha value is -6.49. The van der Waals surface area contributed by atoms with Gasteiger partial charge in [-0.2, -0.15) is 65.9 Å². The second-order valence-electron chi connectivity index (χ2n) is 14.2. The molecule has 1 amide bonds. The zero-order valence-corrected chi connectivity index (χ0v) is 33.9. The van der Waals surface area contributed by atoms with E-state index >= 15 is 0 Å². The maximum absolute atomic E-state index is 14.2. The number of hydrogen-bond donors (Lipinski definition) is 2. The molecule has 0 spiro atoms. The lowest BCUT2D eigenvalue weighted by Crippen LogP contribution is -2.61. The third-order valence-corrected chi connectivity index (χ3v) is 9.45. The van der Waals surface area contributed by atoms with Gasteiger partial charge in [0.05, 0.1) is 42.7 Å². The monoisotopic (exact) mass is 962 g/mol. The van der Waals surface area contributed by atoms with Crippen LogP contribution in [-0.4, -0.2) is 85.6 Å². The van der Waals surface area contributed by atoms with Crippen molar-refractivity contribution < 1.29 is 99.2 Å². The average Bonchev–Trinajstić information content (AvgIpc) is 3.22. The van der Waals surface area contributed by atoms with Crippen molar-refractivity contribution in [2.75, 3.05) is 30.9 Å². The van der Waals surface area contributed by atoms with Gasteiger partial charge in [0.2, 0.25) is 0 Å². The second kappa shape index (κ2) is 19.2. The molecule has 24 heteroatoms. The van der Waals surface area contributed by atoms with Crippen molar-refractivity contribution in [3.05, 3.63) is 107 Å². The van der Waals surface area contributed by atoms with Gasteiger partial charge in [-0.1, -0.05) is 12.1 Å². The largest absolute Gasteiger partial charge is 0.462 e. The molecular formula is C42H33F15N2O7. The summed E-state index contributed by atoms with van der Waals surface area (Å²) in [5.74, 6) is -41.4. The van der Waals surface area contributed by atoms with E-state index in [-0.39, 0.29) is 22.6 Å². The molecule has 0 aromatic heterocycles. The van der Waals surface area contributed by atoms with E-state index in [0.29, 0.717) is 5.75 Å². The number of carbonyl (C=O) groups is 4. The standard InChI is InChI=1S/C42H33F15N2O7/c1-22(60)31-20-23(4-14-29(31)34(62)64-18-16-37(45,46)39(49,50)36(2,43)44)24-5-15-30(35(63)65-19-17-38(47,48)40(51,52)41(53,54)42(55,56)57)32(21-24)33(61)59-26-8-12-28(13-9-26)66-27-10-6-25(58-3)7-11-27/h4-15,20-21,58H,16-19H2,1-3H3,(H,59,61). The van der Waals surface area contributed by atoms with E-state index in [9.17, 15) is 85.0 Å². The molecule has 0 heterocycles. The van der Waals surface area contributed by atoms with E-state index in [0.717, 1.165) is 49.0 Å². The van der Waals surface area contributed by atoms with Crippen LogP contribution >= 0.6 is 0 Å². The normalized spacial score (nSPS) is 12.9. The van der Waals surface area contributed by atoms with Gasteiger partial charge in [-0.25, -0.2) is 9.59 Å². The molecule has 0 bridgehead atoms. The van der Waals surface area contributed by atoms with E-state index in [1.165, 1.54) is 24.3 Å². The number of rotatable bonds is 19. The number of ketones is 1. The van der Waals surface area contributed by atoms with Gasteiger partial charge in [0.25, 0.3) is 5.91 Å². The number of benzene rings is 4. The van der Waals surface area contributed by atoms with E-state index in [1.54, 1.807) is 31.3 Å². The fourth-order valence-corrected chi connectivity index (χ4v) is 5.66. The molecule has 4 aromatic carbocycles. The molecule has 0 unspecified atom stereocenters. The van der Waals surface area contributed by atoms with Crippen LogP contribution in [0.25, 0.3) is 11.1 Å². The van der Waals surface area contributed by atoms with Gasteiger partial charge < -0.3 is 24.8 Å². The third-order valence-electron chi connectivity index (χ3n) is 9.45. The van der Waals surface area contributed by atoms with Crippen molar-refractivity contribution in [3.8, 4) is 22.6 Å². The highest BCUT2D eigenvalue weighted by atomic mass is 19.4. The third kappa shape index (κ3) is 11.1. The van der Waals surface area contributed by atoms with Gasteiger partial charge in [-0.3, -0.25) is 9.59 Å². The lowest BCUT2D eigenvalue weighted by atomic mass is 9.94. The highest BCUT2D eigenvalue weighted by Crippen LogP contribution is 2.54. The lowest BCUT2D eigenvalue weighted by molar-refractivity contribution is -0.397. The van der Waals surface area contributed by atoms with Gasteiger partial charge in [-0.05, 0) is 90.8 Å². The Morgan fingerprint density at radius 2 is 0.924 bits per heavy atom. The Labute approximate surface area is 363 Å². The molecule has 2 N–H and O–H groups in total. The number of hydrogen-bond acceptors (Lipinski definition) is 8. The lowest BCUT2D eigenvalue weighted by Gasteiger charge is -2.33. The number of anilines is 2. The number of esters is 2. The topological polar surface area (TPSA) is 120 Å². The van der Waals surface area contributed by atoms with Crippen LogP contribution in [0.3, 0.4) is 0 Å². The minimum Gasteiger partial charge on any atom is -0.462 e. The number of alkyl halides is 15. The summed E-state index contributed by atoms with van der Waals surface area (Å²) in [7, 11) is 1.69. The fourth-order valence-electron chi connectivity index (χ4n) is 5.66. The van der Waals surface area contributed by atoms with Crippen molar-refractivity contribution in [2.45, 2.75) is 68.4 Å². The van der Waals surface area contributed by atoms with Crippen molar-refractivity contribution in [1.29, 1.82) is 0 Å². The van der Waals surface area contributed by atoms with E-state index in [4.69, 9.17) is 4.74 Å². The Morgan fingerprint density at radius 3 is 1.33 bits per heavy atom. The first-order valence-corrected chi connectivity index (χ1v) is 18.6. The summed E-state index contributed by atoms with van der Waals surface area (Å²) in [6.07, 6.45) is -11.7. The molecule has 358 valence electrons. The first-order valence-electron chi connectivity index (χ1n) is 18.6. The Balaban J connectivity index is 1.64. The summed E-state index contributed by atoms with van der Waals surface area (Å²) in [6.45, 7) is -2.94. The Morgan fingerprint density at radius 1 is 0.515 bits per heavy atom. The zero-order valence-electron chi connectivity index (χ0n) is 33.9. The van der Waals surface area contributed by atoms with Gasteiger partial charge in [-0.15, -0.1) is 0 Å². The molecule has 0 radical (unpaired) electrons. The number of Topliss-reactive ketones (excluding diaryl/α,β-unsaturated/α-hetero) is 1. The predicted octanol–water partition coefficient (Wildman–Crippen LogP) is 12.1. The number of ether oxygens (including phenoxy) is 3. The highest BCUT2D eigenvalue weighted by Gasteiger charge is 2.81. The van der Waals surface area contributed by atoms with Crippen LogP contribution in [0.15, 0.2) is 84.9 Å². The maximum Gasteiger partial charge on any atom is 0.460 e. The fraction of sp³-hybridized carbons (Fsp3) is 0.333. The summed E-state index contributed by atoms with van der Waals surface area (Å²) < 4.78 is 217. The summed E-state index contributed by atoms with van der Waals surface area (Å²) in [5.41, 5.74) is -2.07. The number of amides is 1. The second-order valence-corrected chi connectivity index (χ2v) is 14.2. The first-order chi connectivity index (χ1) is 30.3. The van der Waals surface area contributed by atoms with Crippen molar-refractivity contribution in [1.82, 2.24) is 0 Å².